The van der Waals surface area contributed by atoms with Gasteiger partial charge >= 0.3 is 0 Å². The number of carbonyl (C=O) groups is 1. The van der Waals surface area contributed by atoms with E-state index in [1.54, 1.807) is 11.3 Å². The van der Waals surface area contributed by atoms with E-state index in [1.165, 1.54) is 18.1 Å². The second kappa shape index (κ2) is 6.85. The molecule has 0 fully saturated rings. The molecule has 1 aromatic carbocycles. The fraction of sp³-hybridized carbons (Fsp3) is 0.200. The molecule has 0 aliphatic heterocycles. The highest BCUT2D eigenvalue weighted by Gasteiger charge is 2.07. The van der Waals surface area contributed by atoms with Crippen molar-refractivity contribution < 1.29 is 4.79 Å². The van der Waals surface area contributed by atoms with Gasteiger partial charge in [0.15, 0.2) is 4.34 Å². The first-order valence-corrected chi connectivity index (χ1v) is 8.53. The molecule has 0 aliphatic carbocycles. The van der Waals surface area contributed by atoms with Crippen LogP contribution in [0.5, 0.6) is 0 Å². The summed E-state index contributed by atoms with van der Waals surface area (Å²) < 4.78 is 2.05. The van der Waals surface area contributed by atoms with Gasteiger partial charge in [0.05, 0.1) is 28.2 Å². The fourth-order valence-corrected chi connectivity index (χ4v) is 3.79. The Balaban J connectivity index is 1.51. The molecule has 22 heavy (non-hydrogen) atoms. The maximum absolute atomic E-state index is 11.9. The lowest BCUT2D eigenvalue weighted by Crippen LogP contribution is -2.25. The van der Waals surface area contributed by atoms with Crippen LogP contribution in [0.25, 0.3) is 10.2 Å². The van der Waals surface area contributed by atoms with Crippen molar-refractivity contribution in [1.29, 1.82) is 0 Å². The van der Waals surface area contributed by atoms with Crippen LogP contribution in [0.3, 0.4) is 0 Å². The van der Waals surface area contributed by atoms with E-state index in [0.29, 0.717) is 12.3 Å². The maximum Gasteiger partial charge on any atom is 0.230 e. The molecule has 0 aliphatic rings. The predicted molar refractivity (Wildman–Crippen MR) is 89.0 cm³/mol. The van der Waals surface area contributed by atoms with Crippen LogP contribution in [-0.2, 0) is 11.3 Å². The highest BCUT2D eigenvalue weighted by Crippen LogP contribution is 2.28. The first kappa shape index (κ1) is 14.9. The molecule has 5 nitrogen and oxygen atoms in total. The van der Waals surface area contributed by atoms with Crippen LogP contribution in [0.15, 0.2) is 41.0 Å². The number of nitrogens with zero attached hydrogens (tertiary/aromatic N) is 3. The number of thioether (sulfide) groups is 1. The number of thiazole rings is 1. The molecular formula is C15H14N4OS2. The molecule has 0 radical (unpaired) electrons. The molecule has 0 atom stereocenters. The smallest absolute Gasteiger partial charge is 0.230 e. The van der Waals surface area contributed by atoms with E-state index in [1.807, 2.05) is 37.3 Å². The molecule has 0 saturated carbocycles. The summed E-state index contributed by atoms with van der Waals surface area (Å²) in [5.41, 5.74) is 2.68. The monoisotopic (exact) mass is 330 g/mol. The van der Waals surface area contributed by atoms with Crippen molar-refractivity contribution in [1.82, 2.24) is 20.3 Å². The molecule has 1 amide bonds. The molecular weight excluding hydrogens is 316 g/mol. The number of amides is 1. The van der Waals surface area contributed by atoms with Gasteiger partial charge in [0.2, 0.25) is 5.91 Å². The number of hydrogen-bond acceptors (Lipinski definition) is 6. The molecule has 3 rings (SSSR count). The minimum absolute atomic E-state index is 0.0273. The van der Waals surface area contributed by atoms with E-state index < -0.39 is 0 Å². The van der Waals surface area contributed by atoms with Crippen LogP contribution in [0.4, 0.5) is 0 Å². The summed E-state index contributed by atoms with van der Waals surface area (Å²) >= 11 is 3.06. The lowest BCUT2D eigenvalue weighted by Gasteiger charge is -2.04. The van der Waals surface area contributed by atoms with Crippen molar-refractivity contribution in [2.45, 2.75) is 17.8 Å². The number of nitrogens with one attached hydrogen (secondary N) is 1. The Labute approximate surface area is 136 Å². The zero-order valence-electron chi connectivity index (χ0n) is 11.9. The van der Waals surface area contributed by atoms with Crippen molar-refractivity contribution in [3.8, 4) is 0 Å². The molecule has 1 N–H and O–H groups in total. The van der Waals surface area contributed by atoms with Gasteiger partial charge in [-0.25, -0.2) is 15.0 Å². The summed E-state index contributed by atoms with van der Waals surface area (Å²) in [6.45, 7) is 2.32. The first-order valence-electron chi connectivity index (χ1n) is 6.73. The van der Waals surface area contributed by atoms with Gasteiger partial charge in [-0.3, -0.25) is 4.79 Å². The Hall–Kier alpha value is -1.99. The summed E-state index contributed by atoms with van der Waals surface area (Å²) in [5.74, 6) is 0.324. The minimum atomic E-state index is -0.0273. The Morgan fingerprint density at radius 1 is 1.32 bits per heavy atom. The van der Waals surface area contributed by atoms with Crippen molar-refractivity contribution in [3.05, 3.63) is 48.0 Å². The third-order valence-corrected chi connectivity index (χ3v) is 5.11. The standard InChI is InChI=1S/C15H14N4OS2/c1-10-6-11(18-9-17-10)7-16-14(20)8-21-15-19-12-4-2-3-5-13(12)22-15/h2-6,9H,7-8H2,1H3,(H,16,20). The number of benzene rings is 1. The quantitative estimate of drug-likeness (QED) is 0.729. The number of aryl methyl sites for hydroxylation is 1. The van der Waals surface area contributed by atoms with E-state index in [9.17, 15) is 4.79 Å². The van der Waals surface area contributed by atoms with Crippen molar-refractivity contribution >= 4 is 39.2 Å². The zero-order valence-corrected chi connectivity index (χ0v) is 13.6. The Kier molecular flexibility index (Phi) is 4.65. The highest BCUT2D eigenvalue weighted by atomic mass is 32.2. The number of hydrogen-bond donors (Lipinski definition) is 1. The van der Waals surface area contributed by atoms with Gasteiger partial charge in [-0.2, -0.15) is 0 Å². The predicted octanol–water partition coefficient (Wildman–Crippen LogP) is 2.80. The molecule has 2 heterocycles. The molecule has 7 heteroatoms. The summed E-state index contributed by atoms with van der Waals surface area (Å²) in [6, 6.07) is 9.83. The number of fused-ring (bicyclic) bond motifs is 1. The number of para-hydroxylation sites is 1. The van der Waals surface area contributed by atoms with Crippen molar-refractivity contribution in [2.24, 2.45) is 0 Å². The second-order valence-electron chi connectivity index (χ2n) is 4.66. The molecule has 112 valence electrons. The fourth-order valence-electron chi connectivity index (χ4n) is 1.89. The van der Waals surface area contributed by atoms with E-state index in [-0.39, 0.29) is 5.91 Å². The van der Waals surface area contributed by atoms with Crippen LogP contribution in [0.1, 0.15) is 11.4 Å². The van der Waals surface area contributed by atoms with Gasteiger partial charge in [-0.05, 0) is 25.1 Å². The second-order valence-corrected chi connectivity index (χ2v) is 6.92. The molecule has 0 bridgehead atoms. The molecule has 0 spiro atoms. The maximum atomic E-state index is 11.9. The summed E-state index contributed by atoms with van der Waals surface area (Å²) in [4.78, 5) is 24.5. The van der Waals surface area contributed by atoms with Gasteiger partial charge in [-0.15, -0.1) is 11.3 Å². The molecule has 0 unspecified atom stereocenters. The molecule has 2 aromatic heterocycles. The van der Waals surface area contributed by atoms with Gasteiger partial charge < -0.3 is 5.32 Å². The van der Waals surface area contributed by atoms with Crippen LogP contribution < -0.4 is 5.32 Å². The first-order chi connectivity index (χ1) is 10.7. The normalized spacial score (nSPS) is 10.8. The van der Waals surface area contributed by atoms with E-state index in [0.717, 1.165) is 25.9 Å². The SMILES string of the molecule is Cc1cc(CNC(=O)CSc2nc3ccccc3s2)ncn1. The Bertz CT molecular complexity index is 770. The summed E-state index contributed by atoms with van der Waals surface area (Å²) in [5, 5.41) is 2.86. The molecule has 0 saturated heterocycles. The number of carbonyl (C=O) groups excluding carboxylic acids is 1. The van der Waals surface area contributed by atoms with Crippen LogP contribution in [0, 0.1) is 6.92 Å². The van der Waals surface area contributed by atoms with E-state index in [2.05, 4.69) is 20.3 Å². The van der Waals surface area contributed by atoms with Gasteiger partial charge in [0.1, 0.15) is 6.33 Å². The van der Waals surface area contributed by atoms with E-state index in [4.69, 9.17) is 0 Å². The average Bonchev–Trinajstić information content (AvgIpc) is 2.94. The largest absolute Gasteiger partial charge is 0.350 e. The van der Waals surface area contributed by atoms with Crippen LogP contribution in [-0.4, -0.2) is 26.6 Å². The van der Waals surface area contributed by atoms with Crippen LogP contribution in [0.2, 0.25) is 0 Å². The minimum Gasteiger partial charge on any atom is -0.350 e. The van der Waals surface area contributed by atoms with Gasteiger partial charge in [0, 0.05) is 5.69 Å². The number of rotatable bonds is 5. The zero-order chi connectivity index (χ0) is 15.4. The average molecular weight is 330 g/mol. The van der Waals surface area contributed by atoms with Gasteiger partial charge in [0.25, 0.3) is 0 Å². The third kappa shape index (κ3) is 3.80. The van der Waals surface area contributed by atoms with Crippen molar-refractivity contribution in [3.63, 3.8) is 0 Å². The van der Waals surface area contributed by atoms with E-state index >= 15 is 0 Å². The third-order valence-electron chi connectivity index (χ3n) is 2.93. The Morgan fingerprint density at radius 2 is 2.18 bits per heavy atom. The summed E-state index contributed by atoms with van der Waals surface area (Å²) in [6.07, 6.45) is 1.51. The molecule has 3 aromatic rings. The Morgan fingerprint density at radius 3 is 3.00 bits per heavy atom. The summed E-state index contributed by atoms with van der Waals surface area (Å²) in [7, 11) is 0. The lowest BCUT2D eigenvalue weighted by atomic mass is 10.3. The lowest BCUT2D eigenvalue weighted by molar-refractivity contribution is -0.118. The van der Waals surface area contributed by atoms with Crippen LogP contribution >= 0.6 is 23.1 Å². The van der Waals surface area contributed by atoms with Crippen molar-refractivity contribution in [2.75, 3.05) is 5.75 Å². The highest BCUT2D eigenvalue weighted by molar-refractivity contribution is 8.01. The number of aromatic nitrogens is 3. The van der Waals surface area contributed by atoms with Gasteiger partial charge in [-0.1, -0.05) is 23.9 Å². The topological polar surface area (TPSA) is 67.8 Å².